The van der Waals surface area contributed by atoms with E-state index in [-0.39, 0.29) is 11.9 Å². The number of urea groups is 1. The standard InChI is InChI=1S/C15H20N6O/c1-11-5-3-7-13(9-11)16-15(22)21-8-4-6-12(10-21)14-17-18-19-20(14)2/h3,5,7,9,12H,4,6,8,10H2,1-2H3,(H,16,22). The van der Waals surface area contributed by atoms with Crippen molar-refractivity contribution in [3.05, 3.63) is 35.7 Å². The lowest BCUT2D eigenvalue weighted by molar-refractivity contribution is 0.190. The van der Waals surface area contributed by atoms with Crippen LogP contribution in [0.25, 0.3) is 0 Å². The van der Waals surface area contributed by atoms with Crippen LogP contribution >= 0.6 is 0 Å². The Balaban J connectivity index is 1.67. The fraction of sp³-hybridized carbons (Fsp3) is 0.467. The summed E-state index contributed by atoms with van der Waals surface area (Å²) in [6.07, 6.45) is 1.96. The van der Waals surface area contributed by atoms with Crippen molar-refractivity contribution in [2.75, 3.05) is 18.4 Å². The molecular formula is C15H20N6O. The van der Waals surface area contributed by atoms with E-state index in [4.69, 9.17) is 0 Å². The fourth-order valence-corrected chi connectivity index (χ4v) is 2.88. The molecule has 0 saturated carbocycles. The molecule has 0 spiro atoms. The Hall–Kier alpha value is -2.44. The fourth-order valence-electron chi connectivity index (χ4n) is 2.88. The lowest BCUT2D eigenvalue weighted by Crippen LogP contribution is -2.42. The Morgan fingerprint density at radius 1 is 1.41 bits per heavy atom. The molecule has 1 unspecified atom stereocenters. The minimum atomic E-state index is -0.0644. The molecule has 2 amide bonds. The second-order valence-corrected chi connectivity index (χ2v) is 5.75. The smallest absolute Gasteiger partial charge is 0.321 e. The van der Waals surface area contributed by atoms with Crippen molar-refractivity contribution in [2.45, 2.75) is 25.7 Å². The molecule has 0 aliphatic carbocycles. The van der Waals surface area contributed by atoms with Gasteiger partial charge in [-0.2, -0.15) is 0 Å². The summed E-state index contributed by atoms with van der Waals surface area (Å²) in [5.74, 6) is 1.03. The first-order valence-electron chi connectivity index (χ1n) is 7.48. The molecule has 1 aliphatic heterocycles. The third-order valence-electron chi connectivity index (χ3n) is 4.00. The third kappa shape index (κ3) is 3.08. The van der Waals surface area contributed by atoms with Gasteiger partial charge in [-0.1, -0.05) is 12.1 Å². The number of rotatable bonds is 2. The second kappa shape index (κ2) is 6.13. The maximum absolute atomic E-state index is 12.4. The normalized spacial score (nSPS) is 18.3. The SMILES string of the molecule is Cc1cccc(NC(=O)N2CCCC(c3nnnn3C)C2)c1. The molecule has 7 heteroatoms. The predicted octanol–water partition coefficient (Wildman–Crippen LogP) is 1.93. The van der Waals surface area contributed by atoms with Gasteiger partial charge in [0.1, 0.15) is 0 Å². The largest absolute Gasteiger partial charge is 0.324 e. The first-order valence-corrected chi connectivity index (χ1v) is 7.48. The zero-order valence-electron chi connectivity index (χ0n) is 12.9. The van der Waals surface area contributed by atoms with Gasteiger partial charge in [0, 0.05) is 31.7 Å². The zero-order chi connectivity index (χ0) is 15.5. The van der Waals surface area contributed by atoms with Gasteiger partial charge in [0.2, 0.25) is 0 Å². The van der Waals surface area contributed by atoms with Crippen molar-refractivity contribution in [1.82, 2.24) is 25.1 Å². The van der Waals surface area contributed by atoms with Gasteiger partial charge < -0.3 is 10.2 Å². The Bertz CT molecular complexity index is 668. The quantitative estimate of drug-likeness (QED) is 0.919. The molecule has 7 nitrogen and oxygen atoms in total. The summed E-state index contributed by atoms with van der Waals surface area (Å²) in [6, 6.07) is 7.75. The lowest BCUT2D eigenvalue weighted by Gasteiger charge is -2.31. The number of nitrogens with zero attached hydrogens (tertiary/aromatic N) is 5. The molecule has 116 valence electrons. The first-order chi connectivity index (χ1) is 10.6. The lowest BCUT2D eigenvalue weighted by atomic mass is 9.97. The van der Waals surface area contributed by atoms with Gasteiger partial charge in [0.25, 0.3) is 0 Å². The van der Waals surface area contributed by atoms with Gasteiger partial charge in [-0.3, -0.25) is 0 Å². The molecule has 2 heterocycles. The third-order valence-corrected chi connectivity index (χ3v) is 4.00. The molecule has 1 aromatic heterocycles. The summed E-state index contributed by atoms with van der Waals surface area (Å²) in [6.45, 7) is 3.42. The van der Waals surface area contributed by atoms with Crippen LogP contribution in [0.5, 0.6) is 0 Å². The van der Waals surface area contributed by atoms with Crippen molar-refractivity contribution in [1.29, 1.82) is 0 Å². The number of carbonyl (C=O) groups excluding carboxylic acids is 1. The van der Waals surface area contributed by atoms with E-state index in [1.807, 2.05) is 43.1 Å². The topological polar surface area (TPSA) is 75.9 Å². The van der Waals surface area contributed by atoms with Crippen molar-refractivity contribution < 1.29 is 4.79 Å². The van der Waals surface area contributed by atoms with E-state index >= 15 is 0 Å². The van der Waals surface area contributed by atoms with Crippen molar-refractivity contribution in [2.24, 2.45) is 7.05 Å². The number of benzene rings is 1. The minimum Gasteiger partial charge on any atom is -0.324 e. The Labute approximate surface area is 129 Å². The average Bonchev–Trinajstić information content (AvgIpc) is 2.93. The minimum absolute atomic E-state index is 0.0644. The molecule has 0 bridgehead atoms. The van der Waals surface area contributed by atoms with E-state index in [2.05, 4.69) is 20.8 Å². The maximum atomic E-state index is 12.4. The monoisotopic (exact) mass is 300 g/mol. The molecule has 1 aromatic carbocycles. The number of nitrogens with one attached hydrogen (secondary N) is 1. The maximum Gasteiger partial charge on any atom is 0.321 e. The number of likely N-dealkylation sites (tertiary alicyclic amines) is 1. The molecule has 22 heavy (non-hydrogen) atoms. The van der Waals surface area contributed by atoms with Crippen LogP contribution in [0.4, 0.5) is 10.5 Å². The summed E-state index contributed by atoms with van der Waals surface area (Å²) < 4.78 is 1.69. The highest BCUT2D eigenvalue weighted by atomic mass is 16.2. The van der Waals surface area contributed by atoms with Gasteiger partial charge in [0.15, 0.2) is 5.82 Å². The van der Waals surface area contributed by atoms with E-state index in [1.54, 1.807) is 4.68 Å². The van der Waals surface area contributed by atoms with Gasteiger partial charge in [0.05, 0.1) is 0 Å². The molecule has 1 fully saturated rings. The molecule has 0 radical (unpaired) electrons. The van der Waals surface area contributed by atoms with Crippen LogP contribution in [0.15, 0.2) is 24.3 Å². The van der Waals surface area contributed by atoms with Crippen LogP contribution in [0.1, 0.15) is 30.1 Å². The molecule has 1 atom stereocenters. The van der Waals surface area contributed by atoms with E-state index < -0.39 is 0 Å². The summed E-state index contributed by atoms with van der Waals surface area (Å²) in [5, 5.41) is 14.6. The second-order valence-electron chi connectivity index (χ2n) is 5.75. The Morgan fingerprint density at radius 3 is 3.00 bits per heavy atom. The zero-order valence-corrected chi connectivity index (χ0v) is 12.9. The van der Waals surface area contributed by atoms with E-state index in [1.165, 1.54) is 0 Å². The van der Waals surface area contributed by atoms with Crippen molar-refractivity contribution in [3.8, 4) is 0 Å². The Morgan fingerprint density at radius 2 is 2.27 bits per heavy atom. The van der Waals surface area contributed by atoms with E-state index in [0.717, 1.165) is 36.5 Å². The van der Waals surface area contributed by atoms with Crippen LogP contribution < -0.4 is 5.32 Å². The van der Waals surface area contributed by atoms with Gasteiger partial charge in [-0.15, -0.1) is 5.10 Å². The number of hydrogen-bond donors (Lipinski definition) is 1. The molecule has 3 rings (SSSR count). The Kier molecular flexibility index (Phi) is 4.04. The average molecular weight is 300 g/mol. The van der Waals surface area contributed by atoms with Gasteiger partial charge in [-0.05, 0) is 47.9 Å². The van der Waals surface area contributed by atoms with Crippen molar-refractivity contribution in [3.63, 3.8) is 0 Å². The number of aromatic nitrogens is 4. The summed E-state index contributed by atoms with van der Waals surface area (Å²) in [5.41, 5.74) is 1.95. The van der Waals surface area contributed by atoms with Crippen LogP contribution in [0.2, 0.25) is 0 Å². The van der Waals surface area contributed by atoms with E-state index in [9.17, 15) is 4.79 Å². The molecule has 2 aromatic rings. The van der Waals surface area contributed by atoms with Crippen LogP contribution in [0, 0.1) is 6.92 Å². The molecule has 1 N–H and O–H groups in total. The predicted molar refractivity (Wildman–Crippen MR) is 82.5 cm³/mol. The van der Waals surface area contributed by atoms with Crippen LogP contribution in [-0.2, 0) is 7.05 Å². The highest BCUT2D eigenvalue weighted by Gasteiger charge is 2.27. The first kappa shape index (κ1) is 14.5. The summed E-state index contributed by atoms with van der Waals surface area (Å²) in [4.78, 5) is 14.3. The number of piperidine rings is 1. The number of carbonyl (C=O) groups is 1. The van der Waals surface area contributed by atoms with Crippen LogP contribution in [-0.4, -0.2) is 44.2 Å². The van der Waals surface area contributed by atoms with Crippen LogP contribution in [0.3, 0.4) is 0 Å². The number of aryl methyl sites for hydroxylation is 2. The molecule has 1 saturated heterocycles. The highest BCUT2D eigenvalue weighted by molar-refractivity contribution is 5.89. The van der Waals surface area contributed by atoms with Crippen molar-refractivity contribution >= 4 is 11.7 Å². The molecular weight excluding hydrogens is 280 g/mol. The molecule has 1 aliphatic rings. The number of amides is 2. The van der Waals surface area contributed by atoms with E-state index in [0.29, 0.717) is 6.54 Å². The summed E-state index contributed by atoms with van der Waals surface area (Å²) >= 11 is 0. The van der Waals surface area contributed by atoms with Gasteiger partial charge in [-0.25, -0.2) is 9.48 Å². The summed E-state index contributed by atoms with van der Waals surface area (Å²) in [7, 11) is 1.83. The highest BCUT2D eigenvalue weighted by Crippen LogP contribution is 2.25. The van der Waals surface area contributed by atoms with Gasteiger partial charge >= 0.3 is 6.03 Å². The number of anilines is 1. The number of tetrazole rings is 1. The number of hydrogen-bond acceptors (Lipinski definition) is 4.